The van der Waals surface area contributed by atoms with Gasteiger partial charge in [0.15, 0.2) is 0 Å². The second-order valence-electron chi connectivity index (χ2n) is 6.83. The maximum absolute atomic E-state index is 13.8. The predicted molar refractivity (Wildman–Crippen MR) is 116 cm³/mol. The Kier molecular flexibility index (Phi) is 7.13. The van der Waals surface area contributed by atoms with Crippen molar-refractivity contribution in [3.8, 4) is 0 Å². The highest BCUT2D eigenvalue weighted by atomic mass is 32.2. The topological polar surface area (TPSA) is 12.4 Å². The molecule has 0 heterocycles. The number of alkyl halides is 6. The number of hydrogen-bond donors (Lipinski definition) is 0. The Bertz CT molecular complexity index is 1100. The number of para-hydroxylation sites is 1. The Morgan fingerprint density at radius 3 is 1.91 bits per heavy atom. The van der Waals surface area contributed by atoms with Crippen LogP contribution >= 0.6 is 11.8 Å². The molecular weight excluding hydrogens is 448 g/mol. The van der Waals surface area contributed by atoms with Crippen molar-refractivity contribution < 1.29 is 26.3 Å². The lowest BCUT2D eigenvalue weighted by atomic mass is 10.1. The first-order valence-corrected chi connectivity index (χ1v) is 10.2. The molecule has 0 atom stereocenters. The van der Waals surface area contributed by atoms with E-state index in [1.54, 1.807) is 42.5 Å². The van der Waals surface area contributed by atoms with E-state index in [1.807, 2.05) is 6.92 Å². The Hall–Kier alpha value is -3.00. The van der Waals surface area contributed by atoms with E-state index in [0.29, 0.717) is 4.90 Å². The van der Waals surface area contributed by atoms with E-state index in [2.05, 4.69) is 4.99 Å². The van der Waals surface area contributed by atoms with Crippen LogP contribution in [0.2, 0.25) is 0 Å². The summed E-state index contributed by atoms with van der Waals surface area (Å²) in [5, 5.41) is 0. The first-order chi connectivity index (χ1) is 15.0. The van der Waals surface area contributed by atoms with Gasteiger partial charge in [0, 0.05) is 9.80 Å². The van der Waals surface area contributed by atoms with E-state index < -0.39 is 23.6 Å². The van der Waals surface area contributed by atoms with Crippen molar-refractivity contribution in [2.24, 2.45) is 4.99 Å². The normalized spacial score (nSPS) is 13.3. The number of rotatable bonds is 5. The summed E-state index contributed by atoms with van der Waals surface area (Å²) >= 11 is 1.02. The highest BCUT2D eigenvalue weighted by Gasteiger charge is 2.35. The van der Waals surface area contributed by atoms with Crippen LogP contribution in [0.4, 0.5) is 32.0 Å². The zero-order valence-corrected chi connectivity index (χ0v) is 17.5. The molecular formula is C24H17F6NS. The molecule has 0 unspecified atom stereocenters. The minimum atomic E-state index is -4.76. The smallest absolute Gasteiger partial charge is 0.244 e. The lowest BCUT2D eigenvalue weighted by Crippen LogP contribution is -2.20. The number of thioether (sulfide) groups is 1. The van der Waals surface area contributed by atoms with Crippen LogP contribution in [0.1, 0.15) is 16.7 Å². The molecule has 0 saturated heterocycles. The first kappa shape index (κ1) is 23.7. The van der Waals surface area contributed by atoms with Crippen molar-refractivity contribution in [1.29, 1.82) is 0 Å². The Balaban J connectivity index is 2.10. The van der Waals surface area contributed by atoms with Crippen molar-refractivity contribution in [2.75, 3.05) is 0 Å². The minimum absolute atomic E-state index is 0.114. The lowest BCUT2D eigenvalue weighted by molar-refractivity contribution is -0.137. The Labute approximate surface area is 185 Å². The van der Waals surface area contributed by atoms with Crippen LogP contribution in [-0.4, -0.2) is 11.9 Å². The fraction of sp³-hybridized carbons (Fsp3) is 0.125. The van der Waals surface area contributed by atoms with Gasteiger partial charge in [-0.3, -0.25) is 0 Å². The van der Waals surface area contributed by atoms with Gasteiger partial charge in [0.05, 0.1) is 11.3 Å². The van der Waals surface area contributed by atoms with Crippen LogP contribution in [0, 0.1) is 6.92 Å². The molecule has 0 aromatic heterocycles. The van der Waals surface area contributed by atoms with Crippen LogP contribution in [-0.2, 0) is 6.18 Å². The summed E-state index contributed by atoms with van der Waals surface area (Å²) < 4.78 is 80.1. The van der Waals surface area contributed by atoms with Crippen LogP contribution in [0.25, 0.3) is 4.91 Å². The monoisotopic (exact) mass is 465 g/mol. The molecule has 32 heavy (non-hydrogen) atoms. The molecule has 3 aromatic rings. The molecule has 0 spiro atoms. The standard InChI is InChI=1S/C24H17F6NS/c1-16-7-13-20(14-8-16)32-21(17-9-11-18(12-10-17)23(25,26)27)15-22(24(28,29)30)31-19-5-3-2-4-6-19/h2-15H,1H3/b21-15-,31-22?. The third-order valence-corrected chi connectivity index (χ3v) is 5.39. The average Bonchev–Trinajstić information content (AvgIpc) is 2.74. The van der Waals surface area contributed by atoms with Crippen molar-refractivity contribution >= 4 is 28.1 Å². The van der Waals surface area contributed by atoms with Gasteiger partial charge in [-0.15, -0.1) is 0 Å². The third-order valence-electron chi connectivity index (χ3n) is 4.31. The van der Waals surface area contributed by atoms with Gasteiger partial charge in [-0.05, 0) is 55.0 Å². The molecule has 0 amide bonds. The zero-order chi connectivity index (χ0) is 23.4. The van der Waals surface area contributed by atoms with E-state index in [1.165, 1.54) is 12.1 Å². The van der Waals surface area contributed by atoms with E-state index in [0.717, 1.165) is 47.7 Å². The summed E-state index contributed by atoms with van der Waals surface area (Å²) in [6.45, 7) is 1.87. The molecule has 3 rings (SSSR count). The van der Waals surface area contributed by atoms with Gasteiger partial charge in [0.2, 0.25) is 0 Å². The van der Waals surface area contributed by atoms with Gasteiger partial charge in [0.25, 0.3) is 0 Å². The molecule has 1 nitrogen and oxygen atoms in total. The van der Waals surface area contributed by atoms with Gasteiger partial charge < -0.3 is 0 Å². The maximum atomic E-state index is 13.8. The summed E-state index contributed by atoms with van der Waals surface area (Å²) in [6, 6.07) is 18.7. The average molecular weight is 465 g/mol. The fourth-order valence-corrected chi connectivity index (χ4v) is 3.62. The number of halogens is 6. The summed E-state index contributed by atoms with van der Waals surface area (Å²) in [6.07, 6.45) is -8.45. The molecule has 166 valence electrons. The van der Waals surface area contributed by atoms with Gasteiger partial charge >= 0.3 is 12.4 Å². The highest BCUT2D eigenvalue weighted by molar-refractivity contribution is 8.08. The van der Waals surface area contributed by atoms with Gasteiger partial charge in [-0.1, -0.05) is 59.8 Å². The predicted octanol–water partition coefficient (Wildman–Crippen LogP) is 8.48. The molecule has 0 aliphatic carbocycles. The lowest BCUT2D eigenvalue weighted by Gasteiger charge is -2.13. The summed E-state index contributed by atoms with van der Waals surface area (Å²) in [4.78, 5) is 4.49. The van der Waals surface area contributed by atoms with Crippen molar-refractivity contribution in [3.63, 3.8) is 0 Å². The SMILES string of the molecule is Cc1ccc(S/C(=C\C(=Nc2ccccc2)C(F)(F)F)c2ccc(C(F)(F)F)cc2)cc1. The Morgan fingerprint density at radius 2 is 1.38 bits per heavy atom. The molecule has 0 radical (unpaired) electrons. The number of nitrogens with zero attached hydrogens (tertiary/aromatic N) is 1. The van der Waals surface area contributed by atoms with E-state index in [-0.39, 0.29) is 16.2 Å². The zero-order valence-electron chi connectivity index (χ0n) is 16.7. The van der Waals surface area contributed by atoms with Gasteiger partial charge in [-0.2, -0.15) is 26.3 Å². The Morgan fingerprint density at radius 1 is 0.781 bits per heavy atom. The number of aryl methyl sites for hydroxylation is 1. The molecule has 0 fully saturated rings. The van der Waals surface area contributed by atoms with Gasteiger partial charge in [0.1, 0.15) is 5.71 Å². The number of allylic oxidation sites excluding steroid dienone is 1. The molecule has 0 bridgehead atoms. The molecule has 0 saturated carbocycles. The first-order valence-electron chi connectivity index (χ1n) is 9.37. The number of benzene rings is 3. The van der Waals surface area contributed by atoms with Crippen molar-refractivity contribution in [2.45, 2.75) is 24.2 Å². The van der Waals surface area contributed by atoms with E-state index in [9.17, 15) is 26.3 Å². The van der Waals surface area contributed by atoms with Crippen LogP contribution in [0.5, 0.6) is 0 Å². The van der Waals surface area contributed by atoms with Gasteiger partial charge in [-0.25, -0.2) is 4.99 Å². The summed E-state index contributed by atoms with van der Waals surface area (Å²) in [5.74, 6) is 0. The molecule has 0 N–H and O–H groups in total. The molecule has 0 aliphatic heterocycles. The largest absolute Gasteiger partial charge is 0.433 e. The van der Waals surface area contributed by atoms with Crippen molar-refractivity contribution in [1.82, 2.24) is 0 Å². The molecule has 0 aliphatic rings. The fourth-order valence-electron chi connectivity index (χ4n) is 2.67. The summed E-state index contributed by atoms with van der Waals surface area (Å²) in [5.41, 5.74) is -0.735. The second-order valence-corrected chi connectivity index (χ2v) is 7.94. The second kappa shape index (κ2) is 9.65. The number of aliphatic imine (C=N–C) groups is 1. The maximum Gasteiger partial charge on any atom is 0.433 e. The number of hydrogen-bond acceptors (Lipinski definition) is 2. The highest BCUT2D eigenvalue weighted by Crippen LogP contribution is 2.38. The minimum Gasteiger partial charge on any atom is -0.244 e. The van der Waals surface area contributed by atoms with Crippen LogP contribution < -0.4 is 0 Å². The third kappa shape index (κ3) is 6.50. The molecule has 8 heteroatoms. The van der Waals surface area contributed by atoms with Crippen LogP contribution in [0.15, 0.2) is 94.8 Å². The molecule has 3 aromatic carbocycles. The van der Waals surface area contributed by atoms with E-state index >= 15 is 0 Å². The quantitative estimate of drug-likeness (QED) is 0.209. The van der Waals surface area contributed by atoms with Crippen LogP contribution in [0.3, 0.4) is 0 Å². The van der Waals surface area contributed by atoms with E-state index in [4.69, 9.17) is 0 Å². The summed E-state index contributed by atoms with van der Waals surface area (Å²) in [7, 11) is 0. The van der Waals surface area contributed by atoms with Crippen molar-refractivity contribution in [3.05, 3.63) is 102 Å².